The van der Waals surface area contributed by atoms with Gasteiger partial charge < -0.3 is 4.52 Å². The summed E-state index contributed by atoms with van der Waals surface area (Å²) < 4.78 is 5.02. The molecule has 0 aliphatic heterocycles. The molecule has 0 radical (unpaired) electrons. The molecule has 1 atom stereocenters. The molecular formula is C12H16N4O. The first-order valence-electron chi connectivity index (χ1n) is 5.64. The van der Waals surface area contributed by atoms with Gasteiger partial charge in [-0.2, -0.15) is 4.98 Å². The number of nitrogens with one attached hydrogen (secondary N) is 1. The summed E-state index contributed by atoms with van der Waals surface area (Å²) in [4.78, 5) is 8.59. The molecule has 0 aliphatic carbocycles. The predicted octanol–water partition coefficient (Wildman–Crippen LogP) is 1.86. The Balaban J connectivity index is 2.32. The third-order valence-electron chi connectivity index (χ3n) is 2.29. The molecule has 2 rings (SSSR count). The van der Waals surface area contributed by atoms with E-state index in [1.807, 2.05) is 18.2 Å². The number of hydrogen-bond donors (Lipinski definition) is 1. The van der Waals surface area contributed by atoms with Gasteiger partial charge in [0.2, 0.25) is 5.89 Å². The minimum absolute atomic E-state index is 0.131. The Bertz CT molecular complexity index is 466. The van der Waals surface area contributed by atoms with Gasteiger partial charge in [-0.15, -0.1) is 0 Å². The van der Waals surface area contributed by atoms with E-state index in [1.165, 1.54) is 0 Å². The first kappa shape index (κ1) is 11.7. The van der Waals surface area contributed by atoms with Gasteiger partial charge in [0, 0.05) is 19.2 Å². The minimum Gasteiger partial charge on any atom is -0.340 e. The molecule has 17 heavy (non-hydrogen) atoms. The fourth-order valence-electron chi connectivity index (χ4n) is 1.60. The Morgan fingerprint density at radius 1 is 1.29 bits per heavy atom. The van der Waals surface area contributed by atoms with E-state index >= 15 is 0 Å². The lowest BCUT2D eigenvalue weighted by Gasteiger charge is -2.17. The molecule has 0 aromatic carbocycles. The zero-order chi connectivity index (χ0) is 12.3. The van der Waals surface area contributed by atoms with Crippen molar-refractivity contribution in [3.8, 4) is 0 Å². The van der Waals surface area contributed by atoms with Gasteiger partial charge in [-0.1, -0.05) is 11.2 Å². The van der Waals surface area contributed by atoms with Crippen LogP contribution in [0.25, 0.3) is 0 Å². The van der Waals surface area contributed by atoms with Crippen LogP contribution in [0, 0.1) is 6.92 Å². The number of hydrogen-bond acceptors (Lipinski definition) is 5. The summed E-state index contributed by atoms with van der Waals surface area (Å²) in [6.07, 6.45) is 1.76. The average molecular weight is 232 g/mol. The monoisotopic (exact) mass is 232 g/mol. The second-order valence-electron chi connectivity index (χ2n) is 4.18. The molecule has 0 saturated heterocycles. The molecule has 0 fully saturated rings. The summed E-state index contributed by atoms with van der Waals surface area (Å²) in [5.74, 6) is 1.18. The van der Waals surface area contributed by atoms with Crippen molar-refractivity contribution in [2.45, 2.75) is 32.9 Å². The van der Waals surface area contributed by atoms with Crippen LogP contribution in [0.15, 0.2) is 28.9 Å². The van der Waals surface area contributed by atoms with E-state index in [9.17, 15) is 0 Å². The van der Waals surface area contributed by atoms with Crippen LogP contribution in [-0.2, 0) is 0 Å². The molecule has 5 heteroatoms. The van der Waals surface area contributed by atoms with Crippen LogP contribution >= 0.6 is 0 Å². The molecule has 0 saturated carbocycles. The average Bonchev–Trinajstić information content (AvgIpc) is 2.73. The maximum absolute atomic E-state index is 5.02. The van der Waals surface area contributed by atoms with E-state index < -0.39 is 0 Å². The molecule has 90 valence electrons. The Labute approximate surface area is 100 Å². The van der Waals surface area contributed by atoms with Gasteiger partial charge >= 0.3 is 0 Å². The molecule has 0 amide bonds. The Hall–Kier alpha value is -1.75. The highest BCUT2D eigenvalue weighted by Gasteiger charge is 2.21. The van der Waals surface area contributed by atoms with Crippen LogP contribution in [0.4, 0.5) is 0 Å². The maximum atomic E-state index is 5.02. The van der Waals surface area contributed by atoms with Crippen molar-refractivity contribution in [2.24, 2.45) is 0 Å². The number of pyridine rings is 1. The number of aromatic nitrogens is 3. The summed E-state index contributed by atoms with van der Waals surface area (Å²) in [5.41, 5.74) is 0.891. The largest absolute Gasteiger partial charge is 0.340 e. The quantitative estimate of drug-likeness (QED) is 0.871. The molecule has 0 aliphatic rings. The van der Waals surface area contributed by atoms with Crippen LogP contribution in [0.1, 0.15) is 37.3 Å². The van der Waals surface area contributed by atoms with Gasteiger partial charge in [0.1, 0.15) is 6.04 Å². The van der Waals surface area contributed by atoms with Crippen LogP contribution in [-0.4, -0.2) is 21.2 Å². The Morgan fingerprint density at radius 3 is 2.65 bits per heavy atom. The summed E-state index contributed by atoms with van der Waals surface area (Å²) in [7, 11) is 0. The molecule has 2 aromatic rings. The van der Waals surface area contributed by atoms with E-state index in [0.29, 0.717) is 17.8 Å². The fraction of sp³-hybridized carbons (Fsp3) is 0.417. The minimum atomic E-state index is -0.131. The van der Waals surface area contributed by atoms with Crippen LogP contribution in [0.5, 0.6) is 0 Å². The van der Waals surface area contributed by atoms with Gasteiger partial charge in [0.05, 0.1) is 5.69 Å². The highest BCUT2D eigenvalue weighted by atomic mass is 16.5. The zero-order valence-electron chi connectivity index (χ0n) is 10.2. The van der Waals surface area contributed by atoms with Crippen molar-refractivity contribution in [3.63, 3.8) is 0 Å². The molecule has 2 aromatic heterocycles. The number of rotatable bonds is 4. The lowest BCUT2D eigenvalue weighted by atomic mass is 10.1. The fourth-order valence-corrected chi connectivity index (χ4v) is 1.60. The lowest BCUT2D eigenvalue weighted by Crippen LogP contribution is -2.30. The zero-order valence-corrected chi connectivity index (χ0v) is 10.2. The summed E-state index contributed by atoms with van der Waals surface area (Å²) in [6, 6.07) is 5.96. The second-order valence-corrected chi connectivity index (χ2v) is 4.18. The smallest absolute Gasteiger partial charge is 0.223 e. The molecule has 0 spiro atoms. The molecule has 2 heterocycles. The van der Waals surface area contributed by atoms with Crippen molar-refractivity contribution >= 4 is 0 Å². The number of aryl methyl sites for hydroxylation is 1. The van der Waals surface area contributed by atoms with Crippen LogP contribution < -0.4 is 5.32 Å². The SMILES string of the molecule is Cc1nc([C@H](NC(C)C)c2ccccn2)no1. The van der Waals surface area contributed by atoms with Crippen molar-refractivity contribution < 1.29 is 4.52 Å². The van der Waals surface area contributed by atoms with Crippen molar-refractivity contribution in [3.05, 3.63) is 41.8 Å². The van der Waals surface area contributed by atoms with E-state index in [0.717, 1.165) is 5.69 Å². The Morgan fingerprint density at radius 2 is 2.12 bits per heavy atom. The molecule has 5 nitrogen and oxygen atoms in total. The van der Waals surface area contributed by atoms with Gasteiger partial charge in [0.15, 0.2) is 5.82 Å². The van der Waals surface area contributed by atoms with Crippen LogP contribution in [0.2, 0.25) is 0 Å². The van der Waals surface area contributed by atoms with Crippen LogP contribution in [0.3, 0.4) is 0 Å². The molecular weight excluding hydrogens is 216 g/mol. The van der Waals surface area contributed by atoms with Crippen molar-refractivity contribution in [1.29, 1.82) is 0 Å². The van der Waals surface area contributed by atoms with Crippen molar-refractivity contribution in [2.75, 3.05) is 0 Å². The second kappa shape index (κ2) is 5.05. The van der Waals surface area contributed by atoms with Gasteiger partial charge in [-0.05, 0) is 26.0 Å². The number of nitrogens with zero attached hydrogens (tertiary/aromatic N) is 3. The van der Waals surface area contributed by atoms with E-state index in [4.69, 9.17) is 4.52 Å². The van der Waals surface area contributed by atoms with Gasteiger partial charge in [-0.3, -0.25) is 10.3 Å². The highest BCUT2D eigenvalue weighted by molar-refractivity contribution is 5.16. The summed E-state index contributed by atoms with van der Waals surface area (Å²) in [6.45, 7) is 5.92. The molecule has 1 N–H and O–H groups in total. The lowest BCUT2D eigenvalue weighted by molar-refractivity contribution is 0.378. The molecule has 0 bridgehead atoms. The maximum Gasteiger partial charge on any atom is 0.223 e. The molecule has 0 unspecified atom stereocenters. The van der Waals surface area contributed by atoms with Gasteiger partial charge in [0.25, 0.3) is 0 Å². The van der Waals surface area contributed by atoms with E-state index in [1.54, 1.807) is 13.1 Å². The highest BCUT2D eigenvalue weighted by Crippen LogP contribution is 2.17. The van der Waals surface area contributed by atoms with Crippen molar-refractivity contribution in [1.82, 2.24) is 20.4 Å². The topological polar surface area (TPSA) is 63.8 Å². The predicted molar refractivity (Wildman–Crippen MR) is 63.4 cm³/mol. The van der Waals surface area contributed by atoms with Gasteiger partial charge in [-0.25, -0.2) is 0 Å². The summed E-state index contributed by atoms with van der Waals surface area (Å²) >= 11 is 0. The van der Waals surface area contributed by atoms with E-state index in [2.05, 4.69) is 34.3 Å². The third-order valence-corrected chi connectivity index (χ3v) is 2.29. The van der Waals surface area contributed by atoms with E-state index in [-0.39, 0.29) is 6.04 Å². The first-order chi connectivity index (χ1) is 8.16. The summed E-state index contributed by atoms with van der Waals surface area (Å²) in [5, 5.41) is 7.34. The third kappa shape index (κ3) is 2.88. The first-order valence-corrected chi connectivity index (χ1v) is 5.64. The Kier molecular flexibility index (Phi) is 3.49. The standard InChI is InChI=1S/C12H16N4O/c1-8(2)14-11(10-6-4-5-7-13-10)12-15-9(3)17-16-12/h4-8,11,14H,1-3H3/t11-/m1/s1. The normalized spacial score (nSPS) is 12.9.